The molecular formula is C21H19ClN4. The highest BCUT2D eigenvalue weighted by atomic mass is 35.5. The van der Waals surface area contributed by atoms with Crippen molar-refractivity contribution in [1.29, 1.82) is 0 Å². The molecule has 5 heteroatoms. The molecule has 1 N–H and O–H groups in total. The number of benzene rings is 2. The molecule has 0 aliphatic rings. The maximum absolute atomic E-state index is 6.22. The summed E-state index contributed by atoms with van der Waals surface area (Å²) in [6.07, 6.45) is 4.52. The summed E-state index contributed by atoms with van der Waals surface area (Å²) in [4.78, 5) is 8.88. The van der Waals surface area contributed by atoms with E-state index in [1.54, 1.807) is 6.33 Å². The molecular weight excluding hydrogens is 344 g/mol. The molecule has 0 radical (unpaired) electrons. The summed E-state index contributed by atoms with van der Waals surface area (Å²) in [5.74, 6) is 0.855. The summed E-state index contributed by atoms with van der Waals surface area (Å²) in [5.41, 5.74) is 3.31. The van der Waals surface area contributed by atoms with Gasteiger partial charge in [0.15, 0.2) is 0 Å². The van der Waals surface area contributed by atoms with Crippen LogP contribution >= 0.6 is 11.6 Å². The van der Waals surface area contributed by atoms with Gasteiger partial charge in [-0.05, 0) is 29.7 Å². The molecule has 0 unspecified atom stereocenters. The molecule has 0 bridgehead atoms. The van der Waals surface area contributed by atoms with Crippen LogP contribution in [0.25, 0.3) is 11.0 Å². The number of aromatic nitrogens is 3. The number of nitrogens with zero attached hydrogens (tertiary/aromatic N) is 3. The summed E-state index contributed by atoms with van der Waals surface area (Å²) >= 11 is 6.22. The molecule has 0 spiro atoms. The first-order chi connectivity index (χ1) is 12.8. The monoisotopic (exact) mass is 362 g/mol. The fourth-order valence-corrected chi connectivity index (χ4v) is 3.30. The van der Waals surface area contributed by atoms with Gasteiger partial charge >= 0.3 is 0 Å². The predicted molar refractivity (Wildman–Crippen MR) is 107 cm³/mol. The van der Waals surface area contributed by atoms with Crippen molar-refractivity contribution >= 4 is 28.5 Å². The summed E-state index contributed by atoms with van der Waals surface area (Å²) in [5, 5.41) is 5.25. The van der Waals surface area contributed by atoms with Gasteiger partial charge in [-0.25, -0.2) is 9.97 Å². The SMILES string of the molecule is Clc1ccccc1CCNc1ncnc2c1ccn2Cc1ccccc1. The van der Waals surface area contributed by atoms with Crippen molar-refractivity contribution in [2.75, 3.05) is 11.9 Å². The summed E-state index contributed by atoms with van der Waals surface area (Å²) in [6, 6.07) is 20.4. The quantitative estimate of drug-likeness (QED) is 0.536. The second-order valence-corrected chi connectivity index (χ2v) is 6.56. The number of nitrogens with one attached hydrogen (secondary N) is 1. The Hall–Kier alpha value is -2.85. The molecule has 0 saturated heterocycles. The molecule has 4 nitrogen and oxygen atoms in total. The van der Waals surface area contributed by atoms with Crippen LogP contribution in [0.3, 0.4) is 0 Å². The van der Waals surface area contributed by atoms with E-state index in [9.17, 15) is 0 Å². The summed E-state index contributed by atoms with van der Waals surface area (Å²) < 4.78 is 2.14. The number of halogens is 1. The van der Waals surface area contributed by atoms with E-state index in [2.05, 4.69) is 62.4 Å². The molecule has 2 aromatic carbocycles. The molecule has 130 valence electrons. The van der Waals surface area contributed by atoms with Crippen LogP contribution in [0.2, 0.25) is 5.02 Å². The van der Waals surface area contributed by atoms with Crippen LogP contribution in [0.15, 0.2) is 73.2 Å². The Bertz CT molecular complexity index is 1010. The number of rotatable bonds is 6. The van der Waals surface area contributed by atoms with Crippen LogP contribution in [0, 0.1) is 0 Å². The second-order valence-electron chi connectivity index (χ2n) is 6.16. The zero-order valence-electron chi connectivity index (χ0n) is 14.3. The first-order valence-corrected chi connectivity index (χ1v) is 9.00. The fourth-order valence-electron chi connectivity index (χ4n) is 3.07. The normalized spacial score (nSPS) is 11.0. The van der Waals surface area contributed by atoms with Gasteiger partial charge in [-0.2, -0.15) is 0 Å². The molecule has 26 heavy (non-hydrogen) atoms. The Morgan fingerprint density at radius 2 is 1.73 bits per heavy atom. The largest absolute Gasteiger partial charge is 0.369 e. The third-order valence-electron chi connectivity index (χ3n) is 4.40. The zero-order valence-corrected chi connectivity index (χ0v) is 15.0. The van der Waals surface area contributed by atoms with E-state index in [1.807, 2.05) is 24.3 Å². The van der Waals surface area contributed by atoms with Crippen molar-refractivity contribution in [3.63, 3.8) is 0 Å². The Balaban J connectivity index is 1.50. The van der Waals surface area contributed by atoms with E-state index in [0.29, 0.717) is 0 Å². The van der Waals surface area contributed by atoms with E-state index in [4.69, 9.17) is 11.6 Å². The lowest BCUT2D eigenvalue weighted by Gasteiger charge is -2.09. The van der Waals surface area contributed by atoms with Crippen LogP contribution in [-0.2, 0) is 13.0 Å². The molecule has 0 aliphatic carbocycles. The van der Waals surface area contributed by atoms with Gasteiger partial charge in [-0.15, -0.1) is 0 Å². The third kappa shape index (κ3) is 3.55. The van der Waals surface area contributed by atoms with Crippen LogP contribution in [0.1, 0.15) is 11.1 Å². The van der Waals surface area contributed by atoms with Gasteiger partial charge in [0.05, 0.1) is 5.39 Å². The highest BCUT2D eigenvalue weighted by molar-refractivity contribution is 6.31. The maximum atomic E-state index is 6.22. The van der Waals surface area contributed by atoms with E-state index in [0.717, 1.165) is 46.9 Å². The van der Waals surface area contributed by atoms with Crippen LogP contribution in [-0.4, -0.2) is 21.1 Å². The molecule has 0 atom stereocenters. The summed E-state index contributed by atoms with van der Waals surface area (Å²) in [6.45, 7) is 1.56. The van der Waals surface area contributed by atoms with Crippen molar-refractivity contribution in [3.8, 4) is 0 Å². The van der Waals surface area contributed by atoms with Crippen LogP contribution in [0.4, 0.5) is 5.82 Å². The molecule has 4 rings (SSSR count). The molecule has 2 aromatic heterocycles. The number of hydrogen-bond acceptors (Lipinski definition) is 3. The number of fused-ring (bicyclic) bond motifs is 1. The molecule has 0 aliphatic heterocycles. The van der Waals surface area contributed by atoms with Gasteiger partial charge < -0.3 is 9.88 Å². The van der Waals surface area contributed by atoms with Crippen LogP contribution in [0.5, 0.6) is 0 Å². The second kappa shape index (κ2) is 7.58. The van der Waals surface area contributed by atoms with Gasteiger partial charge in [-0.1, -0.05) is 60.1 Å². The van der Waals surface area contributed by atoms with E-state index >= 15 is 0 Å². The highest BCUT2D eigenvalue weighted by Gasteiger charge is 2.09. The molecule has 2 heterocycles. The standard InChI is InChI=1S/C21H19ClN4/c22-19-9-5-4-8-17(19)10-12-23-20-18-11-13-26(21(18)25-15-24-20)14-16-6-2-1-3-7-16/h1-9,11,13,15H,10,12,14H2,(H,23,24,25). The van der Waals surface area contributed by atoms with Gasteiger partial charge in [0, 0.05) is 24.3 Å². The van der Waals surface area contributed by atoms with Gasteiger partial charge in [-0.3, -0.25) is 0 Å². The smallest absolute Gasteiger partial charge is 0.145 e. The van der Waals surface area contributed by atoms with Gasteiger partial charge in [0.2, 0.25) is 0 Å². The minimum atomic E-state index is 0.764. The Morgan fingerprint density at radius 3 is 2.58 bits per heavy atom. The number of anilines is 1. The average Bonchev–Trinajstić information content (AvgIpc) is 3.08. The van der Waals surface area contributed by atoms with E-state index in [1.165, 1.54) is 5.56 Å². The Morgan fingerprint density at radius 1 is 0.923 bits per heavy atom. The Labute approximate surface area is 157 Å². The van der Waals surface area contributed by atoms with Crippen molar-refractivity contribution in [3.05, 3.63) is 89.3 Å². The third-order valence-corrected chi connectivity index (χ3v) is 4.77. The maximum Gasteiger partial charge on any atom is 0.145 e. The fraction of sp³-hybridized carbons (Fsp3) is 0.143. The van der Waals surface area contributed by atoms with E-state index < -0.39 is 0 Å². The van der Waals surface area contributed by atoms with Crippen LogP contribution < -0.4 is 5.32 Å². The van der Waals surface area contributed by atoms with E-state index in [-0.39, 0.29) is 0 Å². The predicted octanol–water partition coefficient (Wildman–Crippen LogP) is 4.79. The van der Waals surface area contributed by atoms with Crippen molar-refractivity contribution in [1.82, 2.24) is 14.5 Å². The van der Waals surface area contributed by atoms with Crippen molar-refractivity contribution < 1.29 is 0 Å². The lowest BCUT2D eigenvalue weighted by atomic mass is 10.1. The lowest BCUT2D eigenvalue weighted by molar-refractivity contribution is 0.823. The number of hydrogen-bond donors (Lipinski definition) is 1. The first kappa shape index (κ1) is 16.6. The zero-order chi connectivity index (χ0) is 17.8. The topological polar surface area (TPSA) is 42.7 Å². The highest BCUT2D eigenvalue weighted by Crippen LogP contribution is 2.22. The molecule has 0 saturated carbocycles. The van der Waals surface area contributed by atoms with Gasteiger partial charge in [0.25, 0.3) is 0 Å². The lowest BCUT2D eigenvalue weighted by Crippen LogP contribution is -2.07. The minimum absolute atomic E-state index is 0.764. The Kier molecular flexibility index (Phi) is 4.84. The summed E-state index contributed by atoms with van der Waals surface area (Å²) in [7, 11) is 0. The molecule has 4 aromatic rings. The van der Waals surface area contributed by atoms with Crippen molar-refractivity contribution in [2.24, 2.45) is 0 Å². The first-order valence-electron chi connectivity index (χ1n) is 8.62. The minimum Gasteiger partial charge on any atom is -0.369 e. The average molecular weight is 363 g/mol. The van der Waals surface area contributed by atoms with Crippen molar-refractivity contribution in [2.45, 2.75) is 13.0 Å². The van der Waals surface area contributed by atoms with Gasteiger partial charge in [0.1, 0.15) is 17.8 Å². The molecule has 0 fully saturated rings. The molecule has 0 amide bonds.